The van der Waals surface area contributed by atoms with Gasteiger partial charge in [-0.05, 0) is 12.8 Å². The number of fused-ring (bicyclic) bond motifs is 1. The van der Waals surface area contributed by atoms with Crippen molar-refractivity contribution in [3.8, 4) is 0 Å². The summed E-state index contributed by atoms with van der Waals surface area (Å²) in [4.78, 5) is 34.4. The minimum absolute atomic E-state index is 0.108. The van der Waals surface area contributed by atoms with Gasteiger partial charge < -0.3 is 4.74 Å². The van der Waals surface area contributed by atoms with Crippen molar-refractivity contribution < 1.29 is 4.74 Å². The van der Waals surface area contributed by atoms with Gasteiger partial charge in [0.25, 0.3) is 5.56 Å². The smallest absolute Gasteiger partial charge is 0.332 e. The van der Waals surface area contributed by atoms with E-state index in [1.54, 1.807) is 11.7 Å². The number of aryl methyl sites for hydroxylation is 1. The van der Waals surface area contributed by atoms with Crippen LogP contribution in [-0.4, -0.2) is 38.6 Å². The van der Waals surface area contributed by atoms with Crippen LogP contribution in [0.3, 0.4) is 0 Å². The second kappa shape index (κ2) is 8.62. The van der Waals surface area contributed by atoms with Gasteiger partial charge in [-0.1, -0.05) is 20.8 Å². The van der Waals surface area contributed by atoms with Crippen molar-refractivity contribution in [3.63, 3.8) is 0 Å². The lowest BCUT2D eigenvalue weighted by molar-refractivity contribution is 0.200. The van der Waals surface area contributed by atoms with Crippen molar-refractivity contribution in [2.75, 3.05) is 19.5 Å². The average molecular weight is 366 g/mol. The van der Waals surface area contributed by atoms with Crippen LogP contribution < -0.4 is 11.2 Å². The van der Waals surface area contributed by atoms with E-state index >= 15 is 0 Å². The molecule has 0 bridgehead atoms. The summed E-state index contributed by atoms with van der Waals surface area (Å²) in [5, 5.41) is 1.08. The summed E-state index contributed by atoms with van der Waals surface area (Å²) < 4.78 is 7.82. The minimum Gasteiger partial charge on any atom is -0.385 e. The van der Waals surface area contributed by atoms with E-state index in [0.717, 1.165) is 23.2 Å². The van der Waals surface area contributed by atoms with Gasteiger partial charge in [0.05, 0.1) is 0 Å². The van der Waals surface area contributed by atoms with Crippen LogP contribution in [-0.2, 0) is 18.3 Å². The fourth-order valence-electron chi connectivity index (χ4n) is 2.51. The van der Waals surface area contributed by atoms with Crippen molar-refractivity contribution in [3.05, 3.63) is 26.7 Å². The Morgan fingerprint density at radius 2 is 1.96 bits per heavy atom. The van der Waals surface area contributed by atoms with Crippen LogP contribution in [0.5, 0.6) is 0 Å². The zero-order valence-electron chi connectivity index (χ0n) is 15.5. The van der Waals surface area contributed by atoms with Gasteiger partial charge in [-0.3, -0.25) is 13.9 Å². The number of thioether (sulfide) groups is 1. The second-order valence-electron chi connectivity index (χ2n) is 6.23. The molecule has 138 valence electrons. The topological polar surface area (TPSA) is 79.0 Å². The zero-order valence-corrected chi connectivity index (χ0v) is 16.4. The van der Waals surface area contributed by atoms with Crippen LogP contribution in [0.1, 0.15) is 45.4 Å². The largest absolute Gasteiger partial charge is 0.385 e. The molecule has 0 aliphatic rings. The van der Waals surface area contributed by atoms with Crippen LogP contribution in [0.4, 0.5) is 0 Å². The van der Waals surface area contributed by atoms with E-state index in [0.29, 0.717) is 35.0 Å². The van der Waals surface area contributed by atoms with Gasteiger partial charge in [0.2, 0.25) is 0 Å². The summed E-state index contributed by atoms with van der Waals surface area (Å²) in [6, 6.07) is 0. The Labute approximate surface area is 151 Å². The molecule has 0 spiro atoms. The summed E-state index contributed by atoms with van der Waals surface area (Å²) in [6.45, 7) is 7.18. The van der Waals surface area contributed by atoms with E-state index in [4.69, 9.17) is 4.74 Å². The molecule has 2 aromatic heterocycles. The standard InChI is InChI=1S/C17H26N4O3S/c1-6-8-21-14-12(16(22)20(4)17(21)23)15(25-10-7-9-24-5)19-13(18-14)11(2)3/h11H,6-10H2,1-5H3. The molecule has 0 amide bonds. The van der Waals surface area contributed by atoms with Gasteiger partial charge in [0.1, 0.15) is 16.2 Å². The van der Waals surface area contributed by atoms with Crippen molar-refractivity contribution >= 4 is 22.8 Å². The maximum absolute atomic E-state index is 12.7. The molecule has 0 saturated carbocycles. The summed E-state index contributed by atoms with van der Waals surface area (Å²) in [6.07, 6.45) is 1.64. The lowest BCUT2D eigenvalue weighted by Crippen LogP contribution is -2.39. The van der Waals surface area contributed by atoms with Crippen molar-refractivity contribution in [2.45, 2.75) is 51.1 Å². The lowest BCUT2D eigenvalue weighted by Gasteiger charge is -2.15. The Balaban J connectivity index is 2.72. The molecular formula is C17H26N4O3S. The highest BCUT2D eigenvalue weighted by Gasteiger charge is 2.19. The van der Waals surface area contributed by atoms with E-state index in [1.807, 2.05) is 20.8 Å². The average Bonchev–Trinajstić information content (AvgIpc) is 2.59. The highest BCUT2D eigenvalue weighted by molar-refractivity contribution is 7.99. The third kappa shape index (κ3) is 4.12. The molecule has 25 heavy (non-hydrogen) atoms. The molecule has 0 aliphatic heterocycles. The molecule has 0 aromatic carbocycles. The van der Waals surface area contributed by atoms with Gasteiger partial charge in [0, 0.05) is 39.0 Å². The predicted molar refractivity (Wildman–Crippen MR) is 101 cm³/mol. The molecule has 7 nitrogen and oxygen atoms in total. The molecule has 0 N–H and O–H groups in total. The predicted octanol–water partition coefficient (Wildman–Crippen LogP) is 2.15. The summed E-state index contributed by atoms with van der Waals surface area (Å²) in [5.41, 5.74) is -0.220. The Hall–Kier alpha value is -1.67. The third-order valence-electron chi connectivity index (χ3n) is 3.86. The normalized spacial score (nSPS) is 11.6. The van der Waals surface area contributed by atoms with Crippen molar-refractivity contribution in [1.29, 1.82) is 0 Å². The van der Waals surface area contributed by atoms with Crippen LogP contribution >= 0.6 is 11.8 Å². The van der Waals surface area contributed by atoms with Crippen LogP contribution in [0.2, 0.25) is 0 Å². The number of rotatable bonds is 8. The number of hydrogen-bond donors (Lipinski definition) is 0. The summed E-state index contributed by atoms with van der Waals surface area (Å²) >= 11 is 1.52. The van der Waals surface area contributed by atoms with Crippen molar-refractivity contribution in [2.24, 2.45) is 7.05 Å². The molecule has 0 unspecified atom stereocenters. The lowest BCUT2D eigenvalue weighted by atomic mass is 10.2. The molecule has 0 aliphatic carbocycles. The zero-order chi connectivity index (χ0) is 18.6. The monoisotopic (exact) mass is 366 g/mol. The molecule has 2 rings (SSSR count). The molecule has 2 aromatic rings. The molecular weight excluding hydrogens is 340 g/mol. The first-order chi connectivity index (χ1) is 11.9. The van der Waals surface area contributed by atoms with Gasteiger partial charge in [0.15, 0.2) is 5.65 Å². The highest BCUT2D eigenvalue weighted by Crippen LogP contribution is 2.25. The molecule has 2 heterocycles. The minimum atomic E-state index is -0.336. The Bertz CT molecular complexity index is 858. The number of nitrogens with zero attached hydrogens (tertiary/aromatic N) is 4. The fourth-order valence-corrected chi connectivity index (χ4v) is 3.45. The molecule has 0 radical (unpaired) electrons. The van der Waals surface area contributed by atoms with E-state index in [9.17, 15) is 9.59 Å². The number of aromatic nitrogens is 4. The van der Waals surface area contributed by atoms with Crippen LogP contribution in [0.25, 0.3) is 11.0 Å². The fraction of sp³-hybridized carbons (Fsp3) is 0.647. The second-order valence-corrected chi connectivity index (χ2v) is 7.32. The SMILES string of the molecule is CCCn1c(=O)n(C)c(=O)c2c(SCCCOC)nc(C(C)C)nc21. The quantitative estimate of drug-likeness (QED) is 0.405. The first-order valence-corrected chi connectivity index (χ1v) is 9.54. The first kappa shape index (κ1) is 19.7. The van der Waals surface area contributed by atoms with E-state index in [-0.39, 0.29) is 17.2 Å². The molecule has 0 atom stereocenters. The van der Waals surface area contributed by atoms with Gasteiger partial charge in [-0.15, -0.1) is 11.8 Å². The Morgan fingerprint density at radius 1 is 1.24 bits per heavy atom. The van der Waals surface area contributed by atoms with Gasteiger partial charge in [-0.25, -0.2) is 14.8 Å². The van der Waals surface area contributed by atoms with Crippen LogP contribution in [0, 0.1) is 0 Å². The first-order valence-electron chi connectivity index (χ1n) is 8.55. The molecule has 8 heteroatoms. The van der Waals surface area contributed by atoms with E-state index in [1.165, 1.54) is 18.8 Å². The third-order valence-corrected chi connectivity index (χ3v) is 4.92. The Morgan fingerprint density at radius 3 is 2.56 bits per heavy atom. The maximum atomic E-state index is 12.7. The number of methoxy groups -OCH3 is 1. The summed E-state index contributed by atoms with van der Waals surface area (Å²) in [5.74, 6) is 1.55. The molecule has 0 saturated heterocycles. The van der Waals surface area contributed by atoms with E-state index < -0.39 is 0 Å². The van der Waals surface area contributed by atoms with Crippen LogP contribution in [0.15, 0.2) is 14.6 Å². The number of hydrogen-bond acceptors (Lipinski definition) is 6. The summed E-state index contributed by atoms with van der Waals surface area (Å²) in [7, 11) is 3.17. The van der Waals surface area contributed by atoms with Crippen molar-refractivity contribution in [1.82, 2.24) is 19.1 Å². The Kier molecular flexibility index (Phi) is 6.78. The van der Waals surface area contributed by atoms with Gasteiger partial charge in [-0.2, -0.15) is 0 Å². The number of ether oxygens (including phenoxy) is 1. The molecule has 0 fully saturated rings. The highest BCUT2D eigenvalue weighted by atomic mass is 32.2. The van der Waals surface area contributed by atoms with E-state index in [2.05, 4.69) is 9.97 Å². The maximum Gasteiger partial charge on any atom is 0.332 e. The van der Waals surface area contributed by atoms with Gasteiger partial charge >= 0.3 is 5.69 Å².